The molecule has 0 aromatic carbocycles. The molecule has 1 saturated heterocycles. The fourth-order valence-electron chi connectivity index (χ4n) is 1.69. The summed E-state index contributed by atoms with van der Waals surface area (Å²) in [6, 6.07) is 1.70. The summed E-state index contributed by atoms with van der Waals surface area (Å²) in [4.78, 5) is 11.5. The molecule has 1 amide bonds. The van der Waals surface area contributed by atoms with Gasteiger partial charge >= 0.3 is 0 Å². The lowest BCUT2D eigenvalue weighted by atomic mass is 10.2. The topological polar surface area (TPSA) is 99.1 Å². The molecule has 0 radical (unpaired) electrons. The van der Waals surface area contributed by atoms with Gasteiger partial charge in [0.2, 0.25) is 5.91 Å². The van der Waals surface area contributed by atoms with E-state index in [4.69, 9.17) is 5.26 Å². The van der Waals surface area contributed by atoms with Crippen molar-refractivity contribution in [3.8, 4) is 6.07 Å². The molecular formula is C10H17N3O3S. The molecular weight excluding hydrogens is 242 g/mol. The molecule has 17 heavy (non-hydrogen) atoms. The van der Waals surface area contributed by atoms with E-state index in [1.165, 1.54) is 0 Å². The Morgan fingerprint density at radius 3 is 2.94 bits per heavy atom. The summed E-state index contributed by atoms with van der Waals surface area (Å²) < 4.78 is 22.7. The highest BCUT2D eigenvalue weighted by Crippen LogP contribution is 2.04. The van der Waals surface area contributed by atoms with Gasteiger partial charge in [0.1, 0.15) is 0 Å². The van der Waals surface area contributed by atoms with Gasteiger partial charge in [-0.15, -0.1) is 0 Å². The van der Waals surface area contributed by atoms with E-state index < -0.39 is 9.84 Å². The van der Waals surface area contributed by atoms with Gasteiger partial charge < -0.3 is 10.6 Å². The van der Waals surface area contributed by atoms with Gasteiger partial charge in [-0.3, -0.25) is 4.79 Å². The Bertz CT molecular complexity index is 400. The maximum Gasteiger partial charge on any atom is 0.221 e. The number of nitriles is 1. The largest absolute Gasteiger partial charge is 0.356 e. The fourth-order valence-corrected chi connectivity index (χ4v) is 3.13. The smallest absolute Gasteiger partial charge is 0.221 e. The van der Waals surface area contributed by atoms with Gasteiger partial charge in [0, 0.05) is 32.0 Å². The van der Waals surface area contributed by atoms with Gasteiger partial charge in [0.25, 0.3) is 0 Å². The quantitative estimate of drug-likeness (QED) is 0.629. The number of sulfone groups is 1. The number of hydrogen-bond acceptors (Lipinski definition) is 5. The first kappa shape index (κ1) is 13.9. The SMILES string of the molecule is N#CCCCNC(=O)CC1CS(=O)(=O)CCN1. The Morgan fingerprint density at radius 1 is 1.53 bits per heavy atom. The van der Waals surface area contributed by atoms with Crippen LogP contribution in [-0.4, -0.2) is 45.0 Å². The minimum absolute atomic E-state index is 0.0264. The van der Waals surface area contributed by atoms with Crippen LogP contribution in [0.25, 0.3) is 0 Å². The second-order valence-corrected chi connectivity index (χ2v) is 6.31. The number of amides is 1. The van der Waals surface area contributed by atoms with Crippen LogP contribution >= 0.6 is 0 Å². The maximum atomic E-state index is 11.5. The van der Waals surface area contributed by atoms with Crippen LogP contribution in [0.5, 0.6) is 0 Å². The van der Waals surface area contributed by atoms with E-state index in [2.05, 4.69) is 10.6 Å². The number of rotatable bonds is 5. The molecule has 1 fully saturated rings. The number of nitrogens with one attached hydrogen (secondary N) is 2. The molecule has 0 aliphatic carbocycles. The van der Waals surface area contributed by atoms with E-state index in [1.807, 2.05) is 6.07 Å². The third kappa shape index (κ3) is 5.65. The third-order valence-corrected chi connectivity index (χ3v) is 4.26. The molecule has 1 heterocycles. The van der Waals surface area contributed by atoms with E-state index in [9.17, 15) is 13.2 Å². The standard InChI is InChI=1S/C10H17N3O3S/c11-3-1-2-4-13-10(14)7-9-8-17(15,16)6-5-12-9/h9,12H,1-2,4-8H2,(H,13,14). The number of carbonyl (C=O) groups is 1. The van der Waals surface area contributed by atoms with Gasteiger partial charge in [0.15, 0.2) is 9.84 Å². The normalized spacial score (nSPS) is 22.6. The van der Waals surface area contributed by atoms with E-state index in [0.29, 0.717) is 25.9 Å². The minimum Gasteiger partial charge on any atom is -0.356 e. The van der Waals surface area contributed by atoms with Crippen molar-refractivity contribution in [3.63, 3.8) is 0 Å². The average Bonchev–Trinajstić information content (AvgIpc) is 2.23. The Balaban J connectivity index is 2.24. The summed E-state index contributed by atoms with van der Waals surface area (Å²) in [6.07, 6.45) is 1.21. The lowest BCUT2D eigenvalue weighted by Crippen LogP contribution is -2.47. The van der Waals surface area contributed by atoms with Crippen molar-refractivity contribution in [1.82, 2.24) is 10.6 Å². The zero-order valence-corrected chi connectivity index (χ0v) is 10.4. The van der Waals surface area contributed by atoms with E-state index in [0.717, 1.165) is 0 Å². The number of nitrogens with zero attached hydrogens (tertiary/aromatic N) is 1. The molecule has 1 rings (SSSR count). The first-order valence-corrected chi connectivity index (χ1v) is 7.43. The molecule has 0 aromatic rings. The Hall–Kier alpha value is -1.13. The zero-order valence-electron chi connectivity index (χ0n) is 9.61. The summed E-state index contributed by atoms with van der Waals surface area (Å²) in [7, 11) is -2.99. The van der Waals surface area contributed by atoms with Crippen LogP contribution in [0.3, 0.4) is 0 Å². The van der Waals surface area contributed by atoms with Crippen LogP contribution in [0.1, 0.15) is 19.3 Å². The van der Waals surface area contributed by atoms with Gasteiger partial charge in [0.05, 0.1) is 17.6 Å². The highest BCUT2D eigenvalue weighted by Gasteiger charge is 2.25. The fraction of sp³-hybridized carbons (Fsp3) is 0.800. The van der Waals surface area contributed by atoms with Crippen molar-refractivity contribution in [3.05, 3.63) is 0 Å². The molecule has 1 unspecified atom stereocenters. The van der Waals surface area contributed by atoms with Crippen LogP contribution < -0.4 is 10.6 Å². The molecule has 0 aromatic heterocycles. The van der Waals surface area contributed by atoms with Crippen molar-refractivity contribution in [2.45, 2.75) is 25.3 Å². The minimum atomic E-state index is -2.99. The summed E-state index contributed by atoms with van der Waals surface area (Å²) >= 11 is 0. The molecule has 6 nitrogen and oxygen atoms in total. The predicted octanol–water partition coefficient (Wildman–Crippen LogP) is -0.817. The highest BCUT2D eigenvalue weighted by atomic mass is 32.2. The molecule has 7 heteroatoms. The van der Waals surface area contributed by atoms with Crippen molar-refractivity contribution < 1.29 is 13.2 Å². The van der Waals surface area contributed by atoms with Gasteiger partial charge in [-0.2, -0.15) is 5.26 Å². The summed E-state index contributed by atoms with van der Waals surface area (Å²) in [5.41, 5.74) is 0. The van der Waals surface area contributed by atoms with E-state index in [1.54, 1.807) is 0 Å². The number of carbonyl (C=O) groups excluding carboxylic acids is 1. The zero-order chi connectivity index (χ0) is 12.7. The van der Waals surface area contributed by atoms with Crippen molar-refractivity contribution in [2.24, 2.45) is 0 Å². The maximum absolute atomic E-state index is 11.5. The van der Waals surface area contributed by atoms with Crippen LogP contribution in [0.4, 0.5) is 0 Å². The lowest BCUT2D eigenvalue weighted by Gasteiger charge is -2.23. The summed E-state index contributed by atoms with van der Waals surface area (Å²) in [5, 5.41) is 14.0. The molecule has 1 atom stereocenters. The number of hydrogen-bond donors (Lipinski definition) is 2. The van der Waals surface area contributed by atoms with Crippen LogP contribution in [-0.2, 0) is 14.6 Å². The van der Waals surface area contributed by atoms with Crippen LogP contribution in [0.2, 0.25) is 0 Å². The predicted molar refractivity (Wildman–Crippen MR) is 62.9 cm³/mol. The number of unbranched alkanes of at least 4 members (excludes halogenated alkanes) is 1. The van der Waals surface area contributed by atoms with E-state index >= 15 is 0 Å². The Labute approximate surface area is 101 Å². The molecule has 0 spiro atoms. The molecule has 0 bridgehead atoms. The average molecular weight is 259 g/mol. The third-order valence-electron chi connectivity index (χ3n) is 2.52. The van der Waals surface area contributed by atoms with Gasteiger partial charge in [-0.25, -0.2) is 8.42 Å². The molecule has 96 valence electrons. The molecule has 1 aliphatic rings. The van der Waals surface area contributed by atoms with Gasteiger partial charge in [-0.05, 0) is 6.42 Å². The molecule has 2 N–H and O–H groups in total. The monoisotopic (exact) mass is 259 g/mol. The van der Waals surface area contributed by atoms with Crippen molar-refractivity contribution in [2.75, 3.05) is 24.6 Å². The first-order valence-electron chi connectivity index (χ1n) is 5.61. The Morgan fingerprint density at radius 2 is 2.29 bits per heavy atom. The van der Waals surface area contributed by atoms with E-state index in [-0.39, 0.29) is 29.9 Å². The lowest BCUT2D eigenvalue weighted by molar-refractivity contribution is -0.121. The molecule has 0 saturated carbocycles. The Kier molecular flexibility index (Phi) is 5.38. The van der Waals surface area contributed by atoms with Crippen LogP contribution in [0, 0.1) is 11.3 Å². The van der Waals surface area contributed by atoms with Crippen molar-refractivity contribution in [1.29, 1.82) is 5.26 Å². The van der Waals surface area contributed by atoms with Gasteiger partial charge in [-0.1, -0.05) is 0 Å². The van der Waals surface area contributed by atoms with Crippen LogP contribution in [0.15, 0.2) is 0 Å². The summed E-state index contributed by atoms with van der Waals surface area (Å²) in [6.45, 7) is 0.876. The highest BCUT2D eigenvalue weighted by molar-refractivity contribution is 7.91. The second kappa shape index (κ2) is 6.57. The van der Waals surface area contributed by atoms with Crippen molar-refractivity contribution >= 4 is 15.7 Å². The first-order chi connectivity index (χ1) is 8.03. The second-order valence-electron chi connectivity index (χ2n) is 4.08. The molecule has 1 aliphatic heterocycles. The summed E-state index contributed by atoms with van der Waals surface area (Å²) in [5.74, 6) is 0.00358.